The van der Waals surface area contributed by atoms with Gasteiger partial charge >= 0.3 is 6.09 Å². The first kappa shape index (κ1) is 23.6. The molecule has 0 bridgehead atoms. The van der Waals surface area contributed by atoms with Crippen molar-refractivity contribution in [2.24, 2.45) is 0 Å². The minimum Gasteiger partial charge on any atom is -0.465 e. The number of carboxylic acid groups (broad SMARTS) is 1. The number of pyridine rings is 1. The summed E-state index contributed by atoms with van der Waals surface area (Å²) in [7, 11) is -2.06. The van der Waals surface area contributed by atoms with Gasteiger partial charge in [-0.1, -0.05) is 0 Å². The number of benzene rings is 1. The van der Waals surface area contributed by atoms with Gasteiger partial charge in [0.1, 0.15) is 11.5 Å². The number of carbonyl (C=O) groups excluding carboxylic acids is 1. The molecular formula is C22H23FN4O6S. The Morgan fingerprint density at radius 3 is 2.71 bits per heavy atom. The van der Waals surface area contributed by atoms with Crippen LogP contribution in [0.5, 0.6) is 0 Å². The summed E-state index contributed by atoms with van der Waals surface area (Å²) in [6.07, 6.45) is 1.25. The van der Waals surface area contributed by atoms with E-state index < -0.39 is 33.8 Å². The summed E-state index contributed by atoms with van der Waals surface area (Å²) in [5.41, 5.74) is 1.33. The first-order valence-electron chi connectivity index (χ1n) is 10.4. The van der Waals surface area contributed by atoms with Crippen LogP contribution in [0.25, 0.3) is 16.9 Å². The quantitative estimate of drug-likeness (QED) is 0.558. The van der Waals surface area contributed by atoms with E-state index in [1.54, 1.807) is 4.40 Å². The summed E-state index contributed by atoms with van der Waals surface area (Å²) in [6, 6.07) is 6.83. The number of aromatic nitrogens is 2. The molecule has 0 aliphatic carbocycles. The Kier molecular flexibility index (Phi) is 6.28. The summed E-state index contributed by atoms with van der Waals surface area (Å²) in [6.45, 7) is 0.594. The minimum absolute atomic E-state index is 0.0597. The molecule has 3 aromatic rings. The molecule has 1 saturated heterocycles. The molecule has 2 amide bonds. The predicted molar refractivity (Wildman–Crippen MR) is 120 cm³/mol. The van der Waals surface area contributed by atoms with E-state index in [-0.39, 0.29) is 53.5 Å². The van der Waals surface area contributed by atoms with Crippen LogP contribution in [0.4, 0.5) is 9.18 Å². The van der Waals surface area contributed by atoms with Gasteiger partial charge in [-0.15, -0.1) is 0 Å². The molecule has 1 aliphatic rings. The number of ether oxygens (including phenoxy) is 1. The third-order valence-corrected chi connectivity index (χ3v) is 6.78. The summed E-state index contributed by atoms with van der Waals surface area (Å²) in [4.78, 5) is 29.1. The van der Waals surface area contributed by atoms with Crippen molar-refractivity contribution in [1.82, 2.24) is 19.6 Å². The zero-order valence-corrected chi connectivity index (χ0v) is 19.3. The van der Waals surface area contributed by atoms with Gasteiger partial charge in [-0.3, -0.25) is 4.79 Å². The normalized spacial score (nSPS) is 16.6. The molecule has 180 valence electrons. The van der Waals surface area contributed by atoms with E-state index in [4.69, 9.17) is 4.74 Å². The number of nitrogens with zero attached hydrogens (tertiary/aromatic N) is 3. The van der Waals surface area contributed by atoms with E-state index in [0.29, 0.717) is 5.69 Å². The van der Waals surface area contributed by atoms with Crippen molar-refractivity contribution in [3.63, 3.8) is 0 Å². The fourth-order valence-corrected chi connectivity index (χ4v) is 4.57. The molecule has 3 heterocycles. The highest BCUT2D eigenvalue weighted by Gasteiger charge is 2.28. The van der Waals surface area contributed by atoms with E-state index >= 15 is 4.39 Å². The third-order valence-electron chi connectivity index (χ3n) is 5.67. The van der Waals surface area contributed by atoms with Gasteiger partial charge in [0, 0.05) is 49.7 Å². The maximum Gasteiger partial charge on any atom is 0.407 e. The van der Waals surface area contributed by atoms with Crippen LogP contribution >= 0.6 is 0 Å². The molecule has 1 atom stereocenters. The maximum absolute atomic E-state index is 15.1. The van der Waals surface area contributed by atoms with Crippen molar-refractivity contribution >= 4 is 27.5 Å². The average Bonchev–Trinajstić information content (AvgIpc) is 3.15. The van der Waals surface area contributed by atoms with E-state index in [2.05, 4.69) is 10.3 Å². The van der Waals surface area contributed by atoms with Crippen LogP contribution in [0.15, 0.2) is 41.4 Å². The number of fused-ring (bicyclic) bond motifs is 1. The Balaban J connectivity index is 1.83. The second kappa shape index (κ2) is 9.03. The number of hydrogen-bond acceptors (Lipinski definition) is 6. The molecule has 0 saturated carbocycles. The lowest BCUT2D eigenvalue weighted by Gasteiger charge is -2.31. The van der Waals surface area contributed by atoms with E-state index in [0.717, 1.165) is 12.3 Å². The van der Waals surface area contributed by atoms with Gasteiger partial charge in [0.25, 0.3) is 5.91 Å². The Morgan fingerprint density at radius 1 is 1.29 bits per heavy atom. The van der Waals surface area contributed by atoms with Crippen molar-refractivity contribution in [3.05, 3.63) is 53.6 Å². The highest BCUT2D eigenvalue weighted by atomic mass is 32.2. The first-order valence-corrected chi connectivity index (χ1v) is 12.3. The topological polar surface area (TPSA) is 130 Å². The number of rotatable bonds is 5. The monoisotopic (exact) mass is 490 g/mol. The van der Waals surface area contributed by atoms with Gasteiger partial charge in [-0.2, -0.15) is 0 Å². The number of sulfone groups is 1. The third kappa shape index (κ3) is 4.59. The zero-order chi connectivity index (χ0) is 24.6. The molecule has 4 rings (SSSR count). The number of hydrogen-bond donors (Lipinski definition) is 2. The van der Waals surface area contributed by atoms with Crippen molar-refractivity contribution in [3.8, 4) is 11.3 Å². The lowest BCUT2D eigenvalue weighted by atomic mass is 10.0. The van der Waals surface area contributed by atoms with Crippen LogP contribution in [0, 0.1) is 5.82 Å². The number of amides is 2. The Bertz CT molecular complexity index is 1390. The minimum atomic E-state index is -3.50. The molecule has 12 heteroatoms. The van der Waals surface area contributed by atoms with Gasteiger partial charge in [-0.05, 0) is 24.3 Å². The standard InChI is InChI=1S/C22H23FN4O6S/c1-24-21(28)13-3-4-16(17(23)9-13)20-18(10-14-12-26(22(29)30)7-8-33-14)27-6-5-15(34(2,31)32)11-19(27)25-20/h3-6,9,11,14H,7-8,10,12H2,1-2H3,(H,24,28)(H,29,30)/t14-/m0/s1. The largest absolute Gasteiger partial charge is 0.465 e. The lowest BCUT2D eigenvalue weighted by molar-refractivity contribution is -0.0214. The van der Waals surface area contributed by atoms with E-state index in [1.165, 1.54) is 42.4 Å². The molecule has 0 unspecified atom stereocenters. The van der Waals surface area contributed by atoms with Crippen molar-refractivity contribution < 1.29 is 32.2 Å². The molecule has 2 aromatic heterocycles. The van der Waals surface area contributed by atoms with Gasteiger partial charge in [0.05, 0.1) is 35.5 Å². The van der Waals surface area contributed by atoms with Crippen LogP contribution in [0.3, 0.4) is 0 Å². The highest BCUT2D eigenvalue weighted by Crippen LogP contribution is 2.30. The SMILES string of the molecule is CNC(=O)c1ccc(-c2nc3cc(S(C)(=O)=O)ccn3c2C[C@H]2CN(C(=O)O)CCO2)c(F)c1. The Morgan fingerprint density at radius 2 is 2.06 bits per heavy atom. The molecular weight excluding hydrogens is 467 g/mol. The van der Waals surface area contributed by atoms with Crippen LogP contribution < -0.4 is 5.32 Å². The number of imidazole rings is 1. The fourth-order valence-electron chi connectivity index (χ4n) is 3.94. The van der Waals surface area contributed by atoms with Crippen LogP contribution in [-0.4, -0.2) is 78.9 Å². The number of morpholine rings is 1. The van der Waals surface area contributed by atoms with Gasteiger partial charge < -0.3 is 24.5 Å². The fraction of sp³-hybridized carbons (Fsp3) is 0.318. The molecule has 1 fully saturated rings. The number of halogens is 1. The maximum atomic E-state index is 15.1. The molecule has 0 spiro atoms. The van der Waals surface area contributed by atoms with Gasteiger partial charge in [-0.25, -0.2) is 22.6 Å². The molecule has 0 radical (unpaired) electrons. The van der Waals surface area contributed by atoms with Crippen molar-refractivity contribution in [1.29, 1.82) is 0 Å². The predicted octanol–water partition coefficient (Wildman–Crippen LogP) is 1.82. The molecule has 10 nitrogen and oxygen atoms in total. The summed E-state index contributed by atoms with van der Waals surface area (Å²) in [5.74, 6) is -1.12. The smallest absolute Gasteiger partial charge is 0.407 e. The van der Waals surface area contributed by atoms with E-state index in [1.807, 2.05) is 0 Å². The van der Waals surface area contributed by atoms with E-state index in [9.17, 15) is 23.1 Å². The summed E-state index contributed by atoms with van der Waals surface area (Å²) < 4.78 is 46.6. The van der Waals surface area contributed by atoms with Gasteiger partial charge in [0.2, 0.25) is 0 Å². The lowest BCUT2D eigenvalue weighted by Crippen LogP contribution is -2.45. The van der Waals surface area contributed by atoms with Gasteiger partial charge in [0.15, 0.2) is 9.84 Å². The summed E-state index contributed by atoms with van der Waals surface area (Å²) in [5, 5.41) is 11.8. The second-order valence-corrected chi connectivity index (χ2v) is 9.98. The van der Waals surface area contributed by atoms with Crippen molar-refractivity contribution in [2.45, 2.75) is 17.4 Å². The Hall–Kier alpha value is -3.51. The Labute approximate surface area is 194 Å². The average molecular weight is 491 g/mol. The first-order chi connectivity index (χ1) is 16.1. The second-order valence-electron chi connectivity index (χ2n) is 7.97. The zero-order valence-electron chi connectivity index (χ0n) is 18.5. The van der Waals surface area contributed by atoms with Crippen LogP contribution in [0.1, 0.15) is 16.1 Å². The molecule has 1 aliphatic heterocycles. The summed E-state index contributed by atoms with van der Waals surface area (Å²) >= 11 is 0. The molecule has 34 heavy (non-hydrogen) atoms. The number of nitrogens with one attached hydrogen (secondary N) is 1. The highest BCUT2D eigenvalue weighted by molar-refractivity contribution is 7.90. The number of carbonyl (C=O) groups is 2. The van der Waals surface area contributed by atoms with Crippen molar-refractivity contribution in [2.75, 3.05) is 33.0 Å². The van der Waals surface area contributed by atoms with Crippen LogP contribution in [0.2, 0.25) is 0 Å². The molecule has 1 aromatic carbocycles. The molecule has 2 N–H and O–H groups in total. The van der Waals surface area contributed by atoms with Crippen LogP contribution in [-0.2, 0) is 21.0 Å².